The Morgan fingerprint density at radius 2 is 0.333 bits per heavy atom. The first-order valence-corrected chi connectivity index (χ1v) is 50.7. The molecule has 10 aromatic heterocycles. The SMILES string of the molecule is c1ccc(-c2ccc(-n3c4cc(-c5ccc6c7ccccc7n(-c7cccc(-c8ccccc8)c7)c6c5)ccc4c4ncccc43)cc2)cc1.c1ccc(-c2cccc(-n3c4ccccc4c4ccc(-c5ccc6c7ncccc7n(-c7cccc(-c8ccccc8)c7)c6c5)cc43)c2)cc1.c1ccc(-c2nc(-c3ccccc3)nc(-n3c4ccccc4c4ccc(-c5ccc6c7ncccc7n(-c7ccccc7)c6c5)cc43)n2)cc1. The minimum Gasteiger partial charge on any atom is -0.309 e. The molecule has 20 aromatic carbocycles. The zero-order valence-electron chi connectivity index (χ0n) is 81.3. The maximum Gasteiger partial charge on any atom is 0.238 e. The maximum atomic E-state index is 5.12. The molecule has 0 saturated heterocycles. The van der Waals surface area contributed by atoms with Crippen LogP contribution in [0.25, 0.3) is 266 Å². The van der Waals surface area contributed by atoms with Crippen LogP contribution in [-0.2, 0) is 0 Å². The van der Waals surface area contributed by atoms with E-state index in [4.69, 9.17) is 29.9 Å². The van der Waals surface area contributed by atoms with E-state index < -0.39 is 0 Å². The summed E-state index contributed by atoms with van der Waals surface area (Å²) in [5.74, 6) is 1.83. The van der Waals surface area contributed by atoms with Crippen molar-refractivity contribution in [1.29, 1.82) is 0 Å². The summed E-state index contributed by atoms with van der Waals surface area (Å²) >= 11 is 0. The van der Waals surface area contributed by atoms with Gasteiger partial charge >= 0.3 is 0 Å². The highest BCUT2D eigenvalue weighted by atomic mass is 15.2. The standard InChI is InChI=1S/2C47H31N3.C44H28N6/c1-3-12-32(13-4-1)34-16-9-18-38(28-34)49-43-21-8-7-20-40(43)41-25-23-36(30-45(41)49)37-24-26-42-46(31-37)50(44-22-11-27-48-47(42)44)39-19-10-17-35(29-39)33-14-5-2-6-15-33;1-3-11-32(12-4-1)34-20-24-38(25-21-34)49-44-19-10-28-48-47(44)42-27-23-37(31-46(42)49)36-22-26-41-40-17-7-8-18-43(40)50(45(41)30-36)39-16-9-15-35(29-39)33-13-5-2-6-14-33;1-4-13-29(14-5-1)42-46-43(30-15-6-2-7-16-30)48-44(47-42)50-37-20-11-10-19-34(37)35-24-22-31(27-39(35)50)32-23-25-36-40(28-32)49(33-17-8-3-9-18-33)38-21-12-26-45-41(36)38/h2*1-31H;1-28H. The van der Waals surface area contributed by atoms with Gasteiger partial charge in [0, 0.05) is 107 Å². The van der Waals surface area contributed by atoms with Crippen LogP contribution >= 0.6 is 0 Å². The molecule has 0 spiro atoms. The number of benzene rings is 20. The summed E-state index contributed by atoms with van der Waals surface area (Å²) in [4.78, 5) is 29.7. The maximum absolute atomic E-state index is 5.12. The number of hydrogen-bond acceptors (Lipinski definition) is 6. The van der Waals surface area contributed by atoms with Crippen molar-refractivity contribution >= 4 is 131 Å². The zero-order chi connectivity index (χ0) is 99.1. The van der Waals surface area contributed by atoms with Crippen molar-refractivity contribution in [2.24, 2.45) is 0 Å². The fourth-order valence-corrected chi connectivity index (χ4v) is 22.4. The van der Waals surface area contributed by atoms with E-state index in [1.54, 1.807) is 0 Å². The van der Waals surface area contributed by atoms with Crippen LogP contribution in [0.4, 0.5) is 0 Å². The third kappa shape index (κ3) is 15.5. The lowest BCUT2D eigenvalue weighted by Crippen LogP contribution is -2.06. The summed E-state index contributed by atoms with van der Waals surface area (Å²) in [5, 5.41) is 10.7. The predicted octanol–water partition coefficient (Wildman–Crippen LogP) is 35.0. The van der Waals surface area contributed by atoms with Crippen molar-refractivity contribution in [2.75, 3.05) is 0 Å². The molecule has 0 aliphatic rings. The summed E-state index contributed by atoms with van der Waals surface area (Å²) in [6.07, 6.45) is 5.64. The van der Waals surface area contributed by atoms with E-state index in [1.807, 2.05) is 104 Å². The molecule has 0 bridgehead atoms. The first-order valence-electron chi connectivity index (χ1n) is 50.7. The number of aromatic nitrogens is 12. The van der Waals surface area contributed by atoms with Crippen molar-refractivity contribution in [3.63, 3.8) is 0 Å². The fraction of sp³-hybridized carbons (Fsp3) is 0. The quantitative estimate of drug-likeness (QED) is 0.101. The van der Waals surface area contributed by atoms with Gasteiger partial charge in [0.15, 0.2) is 11.6 Å². The number of fused-ring (bicyclic) bond motifs is 18. The van der Waals surface area contributed by atoms with Crippen LogP contribution in [0.5, 0.6) is 0 Å². The lowest BCUT2D eigenvalue weighted by molar-refractivity contribution is 0.953. The molecule has 0 aliphatic heterocycles. The number of rotatable bonds is 15. The summed E-state index contributed by atoms with van der Waals surface area (Å²) in [7, 11) is 0. The highest BCUT2D eigenvalue weighted by molar-refractivity contribution is 6.16. The summed E-state index contributed by atoms with van der Waals surface area (Å²) in [5.41, 5.74) is 40.5. The van der Waals surface area contributed by atoms with Gasteiger partial charge in [-0.3, -0.25) is 19.5 Å². The highest BCUT2D eigenvalue weighted by Crippen LogP contribution is 2.46. The third-order valence-corrected chi connectivity index (χ3v) is 29.4. The summed E-state index contributed by atoms with van der Waals surface area (Å²) < 4.78 is 14.0. The minimum absolute atomic E-state index is 0.576. The van der Waals surface area contributed by atoms with Crippen molar-refractivity contribution in [1.82, 2.24) is 57.3 Å². The van der Waals surface area contributed by atoms with Gasteiger partial charge in [0.1, 0.15) is 0 Å². The molecule has 10 heterocycles. The van der Waals surface area contributed by atoms with Crippen LogP contribution in [0.3, 0.4) is 0 Å². The first kappa shape index (κ1) is 87.5. The van der Waals surface area contributed by atoms with Gasteiger partial charge in [0.2, 0.25) is 5.95 Å². The lowest BCUT2D eigenvalue weighted by atomic mass is 10.0. The molecule has 150 heavy (non-hydrogen) atoms. The van der Waals surface area contributed by atoms with E-state index in [9.17, 15) is 0 Å². The fourth-order valence-electron chi connectivity index (χ4n) is 22.4. The Bertz CT molecular complexity index is 10200. The molecule has 30 rings (SSSR count). The average molecular weight is 1920 g/mol. The topological polar surface area (TPSA) is 107 Å². The molecule has 0 atom stereocenters. The Balaban J connectivity index is 0.000000108. The Kier molecular flexibility index (Phi) is 21.6. The third-order valence-electron chi connectivity index (χ3n) is 29.4. The van der Waals surface area contributed by atoms with Crippen LogP contribution < -0.4 is 0 Å². The molecule has 30 aromatic rings. The van der Waals surface area contributed by atoms with Crippen LogP contribution in [0.15, 0.2) is 546 Å². The molecule has 0 saturated carbocycles. The van der Waals surface area contributed by atoms with Gasteiger partial charge in [-0.05, 0) is 248 Å². The largest absolute Gasteiger partial charge is 0.309 e. The van der Waals surface area contributed by atoms with Crippen LogP contribution in [-0.4, -0.2) is 57.3 Å². The van der Waals surface area contributed by atoms with Gasteiger partial charge in [0.25, 0.3) is 0 Å². The molecule has 0 aliphatic carbocycles. The molecule has 0 radical (unpaired) electrons. The second-order valence-corrected chi connectivity index (χ2v) is 38.1. The van der Waals surface area contributed by atoms with Gasteiger partial charge < -0.3 is 22.8 Å². The second-order valence-electron chi connectivity index (χ2n) is 38.1. The van der Waals surface area contributed by atoms with E-state index >= 15 is 0 Å². The highest BCUT2D eigenvalue weighted by Gasteiger charge is 2.26. The Hall–Kier alpha value is -20.3. The Morgan fingerprint density at radius 1 is 0.120 bits per heavy atom. The van der Waals surface area contributed by atoms with Crippen molar-refractivity contribution < 1.29 is 0 Å². The van der Waals surface area contributed by atoms with E-state index in [2.05, 4.69) is 470 Å². The molecule has 0 fully saturated rings. The number of hydrogen-bond donors (Lipinski definition) is 0. The molecule has 0 N–H and O–H groups in total. The Labute approximate surface area is 863 Å². The summed E-state index contributed by atoms with van der Waals surface area (Å²) in [6, 6.07) is 188. The predicted molar refractivity (Wildman–Crippen MR) is 621 cm³/mol. The van der Waals surface area contributed by atoms with Crippen LogP contribution in [0.1, 0.15) is 0 Å². The van der Waals surface area contributed by atoms with Gasteiger partial charge in [0.05, 0.1) is 82.8 Å². The lowest BCUT2D eigenvalue weighted by Gasteiger charge is -2.12. The van der Waals surface area contributed by atoms with Gasteiger partial charge in [-0.1, -0.05) is 358 Å². The number of pyridine rings is 3. The van der Waals surface area contributed by atoms with E-state index in [0.717, 1.165) is 144 Å². The number of nitrogens with zero attached hydrogens (tertiary/aromatic N) is 12. The van der Waals surface area contributed by atoms with Gasteiger partial charge in [-0.15, -0.1) is 0 Å². The van der Waals surface area contributed by atoms with E-state index in [0.29, 0.717) is 17.6 Å². The van der Waals surface area contributed by atoms with Gasteiger partial charge in [-0.2, -0.15) is 9.97 Å². The van der Waals surface area contributed by atoms with Crippen molar-refractivity contribution in [3.8, 4) is 135 Å². The van der Waals surface area contributed by atoms with Crippen LogP contribution in [0.2, 0.25) is 0 Å². The Morgan fingerprint density at radius 3 is 0.673 bits per heavy atom. The van der Waals surface area contributed by atoms with E-state index in [-0.39, 0.29) is 0 Å². The molecule has 12 heteroatoms. The molecule has 702 valence electrons. The monoisotopic (exact) mass is 1910 g/mol. The van der Waals surface area contributed by atoms with Gasteiger partial charge in [-0.25, -0.2) is 4.98 Å². The minimum atomic E-state index is 0.576. The molecule has 0 unspecified atom stereocenters. The smallest absolute Gasteiger partial charge is 0.238 e. The van der Waals surface area contributed by atoms with Crippen LogP contribution in [0, 0.1) is 0 Å². The first-order chi connectivity index (χ1) is 74.4. The zero-order valence-corrected chi connectivity index (χ0v) is 81.3. The van der Waals surface area contributed by atoms with E-state index in [1.165, 1.54) is 105 Å². The average Bonchev–Trinajstić information content (AvgIpc) is 1.58. The molecule has 0 amide bonds. The normalized spacial score (nSPS) is 11.6. The van der Waals surface area contributed by atoms with Crippen molar-refractivity contribution in [2.45, 2.75) is 0 Å². The summed E-state index contributed by atoms with van der Waals surface area (Å²) in [6.45, 7) is 0. The van der Waals surface area contributed by atoms with Crippen molar-refractivity contribution in [3.05, 3.63) is 546 Å². The second kappa shape index (κ2) is 37.1. The molecular formula is C138H90N12. The molecular weight excluding hydrogens is 1830 g/mol. The number of para-hydroxylation sites is 4. The molecule has 12 nitrogen and oxygen atoms in total.